The molecule has 0 radical (unpaired) electrons. The number of imidazole rings is 1. The number of hydrogen-bond donors (Lipinski definition) is 2. The first-order valence-corrected chi connectivity index (χ1v) is 11.4. The van der Waals surface area contributed by atoms with Gasteiger partial charge < -0.3 is 15.2 Å². The number of carbonyl (C=O) groups is 1. The quantitative estimate of drug-likeness (QED) is 0.436. The summed E-state index contributed by atoms with van der Waals surface area (Å²) in [5.74, 6) is -1.67. The average Bonchev–Trinajstić information content (AvgIpc) is 3.36. The molecule has 8 nitrogen and oxygen atoms in total. The van der Waals surface area contributed by atoms with E-state index in [0.29, 0.717) is 30.7 Å². The number of carbonyl (C=O) groups excluding carboxylic acids is 1. The van der Waals surface area contributed by atoms with Gasteiger partial charge in [0.2, 0.25) is 5.95 Å². The summed E-state index contributed by atoms with van der Waals surface area (Å²) in [6, 6.07) is 7.27. The van der Waals surface area contributed by atoms with E-state index in [1.54, 1.807) is 31.4 Å². The zero-order chi connectivity index (χ0) is 24.7. The standard InChI is InChI=1S/C24H22ClF2N5O3/c1-31-10-17(23(27)30-31)16-3-2-4-18(26)20(16)21-22(25)32-8-7-13(9-19(32)29-21)24(34)28-14-5-6-15(11-33)35-12-14/h2-4,7-10,14-15,33H,5-6,11-12H2,1H3,(H,28,34)/t14-,15+/m1/s1. The van der Waals surface area contributed by atoms with Gasteiger partial charge in [0.05, 0.1) is 30.9 Å². The zero-order valence-corrected chi connectivity index (χ0v) is 19.5. The molecule has 4 aromatic rings. The van der Waals surface area contributed by atoms with Crippen molar-refractivity contribution in [3.63, 3.8) is 0 Å². The molecule has 2 N–H and O–H groups in total. The van der Waals surface area contributed by atoms with E-state index in [1.165, 1.54) is 27.4 Å². The predicted molar refractivity (Wildman–Crippen MR) is 125 cm³/mol. The van der Waals surface area contributed by atoms with Gasteiger partial charge in [0.15, 0.2) is 0 Å². The summed E-state index contributed by atoms with van der Waals surface area (Å²) in [6.07, 6.45) is 4.18. The van der Waals surface area contributed by atoms with Crippen molar-refractivity contribution in [3.05, 3.63) is 65.2 Å². The molecule has 1 amide bonds. The van der Waals surface area contributed by atoms with Crippen LogP contribution in [0.4, 0.5) is 8.78 Å². The third-order valence-electron chi connectivity index (χ3n) is 6.06. The third kappa shape index (κ3) is 4.40. The molecule has 3 aromatic heterocycles. The number of rotatable bonds is 5. The van der Waals surface area contributed by atoms with E-state index in [9.17, 15) is 14.3 Å². The Labute approximate surface area is 204 Å². The van der Waals surface area contributed by atoms with Crippen LogP contribution in [0.3, 0.4) is 0 Å². The van der Waals surface area contributed by atoms with Gasteiger partial charge in [-0.25, -0.2) is 9.37 Å². The lowest BCUT2D eigenvalue weighted by atomic mass is 9.99. The van der Waals surface area contributed by atoms with Crippen LogP contribution in [0.5, 0.6) is 0 Å². The van der Waals surface area contributed by atoms with Gasteiger partial charge in [-0.1, -0.05) is 23.7 Å². The molecule has 0 bridgehead atoms. The van der Waals surface area contributed by atoms with Crippen LogP contribution in [-0.2, 0) is 11.8 Å². The van der Waals surface area contributed by atoms with Crippen LogP contribution >= 0.6 is 11.6 Å². The van der Waals surface area contributed by atoms with Gasteiger partial charge in [-0.2, -0.15) is 4.39 Å². The van der Waals surface area contributed by atoms with Gasteiger partial charge >= 0.3 is 0 Å². The number of aryl methyl sites for hydroxylation is 1. The molecule has 5 rings (SSSR count). The SMILES string of the molecule is Cn1cc(-c2cccc(F)c2-c2nc3cc(C(=O)N[C@@H]4CC[C@@H](CO)OC4)ccn3c2Cl)c(F)n1. The van der Waals surface area contributed by atoms with Crippen molar-refractivity contribution in [2.75, 3.05) is 13.2 Å². The fourth-order valence-corrected chi connectivity index (χ4v) is 4.56. The highest BCUT2D eigenvalue weighted by Gasteiger charge is 2.25. The van der Waals surface area contributed by atoms with E-state index < -0.39 is 11.8 Å². The first-order chi connectivity index (χ1) is 16.9. The summed E-state index contributed by atoms with van der Waals surface area (Å²) in [5.41, 5.74) is 1.22. The lowest BCUT2D eigenvalue weighted by Gasteiger charge is -2.28. The van der Waals surface area contributed by atoms with E-state index in [1.807, 2.05) is 0 Å². The fraction of sp³-hybridized carbons (Fsp3) is 0.292. The number of pyridine rings is 1. The Kier molecular flexibility index (Phi) is 6.26. The Morgan fingerprint density at radius 1 is 1.29 bits per heavy atom. The minimum atomic E-state index is -0.741. The van der Waals surface area contributed by atoms with Crippen molar-refractivity contribution in [2.45, 2.75) is 25.0 Å². The number of nitrogens with zero attached hydrogens (tertiary/aromatic N) is 4. The number of hydrogen-bond acceptors (Lipinski definition) is 5. The van der Waals surface area contributed by atoms with Gasteiger partial charge in [0.1, 0.15) is 22.3 Å². The van der Waals surface area contributed by atoms with Crippen molar-refractivity contribution >= 4 is 23.2 Å². The summed E-state index contributed by atoms with van der Waals surface area (Å²) in [4.78, 5) is 17.3. The summed E-state index contributed by atoms with van der Waals surface area (Å²) >= 11 is 6.56. The second-order valence-corrected chi connectivity index (χ2v) is 8.81. The molecule has 0 unspecified atom stereocenters. The van der Waals surface area contributed by atoms with Crippen LogP contribution in [0, 0.1) is 11.8 Å². The molecule has 1 aliphatic heterocycles. The molecule has 2 atom stereocenters. The Morgan fingerprint density at radius 2 is 2.11 bits per heavy atom. The van der Waals surface area contributed by atoms with E-state index in [-0.39, 0.29) is 52.2 Å². The average molecular weight is 502 g/mol. The number of aliphatic hydroxyl groups excluding tert-OH is 1. The first-order valence-electron chi connectivity index (χ1n) is 11.0. The number of halogens is 3. The monoisotopic (exact) mass is 501 g/mol. The maximum atomic E-state index is 15.0. The van der Waals surface area contributed by atoms with Crippen molar-refractivity contribution < 1.29 is 23.4 Å². The van der Waals surface area contributed by atoms with Crippen LogP contribution in [0.1, 0.15) is 23.2 Å². The minimum Gasteiger partial charge on any atom is -0.394 e. The maximum Gasteiger partial charge on any atom is 0.251 e. The van der Waals surface area contributed by atoms with Gasteiger partial charge in [0.25, 0.3) is 5.91 Å². The number of benzene rings is 1. The smallest absolute Gasteiger partial charge is 0.251 e. The fourth-order valence-electron chi connectivity index (χ4n) is 4.28. The van der Waals surface area contributed by atoms with Crippen LogP contribution in [0.2, 0.25) is 5.15 Å². The normalized spacial score (nSPS) is 18.2. The molecule has 35 heavy (non-hydrogen) atoms. The van der Waals surface area contributed by atoms with Gasteiger partial charge in [-0.15, -0.1) is 5.10 Å². The van der Waals surface area contributed by atoms with E-state index >= 15 is 4.39 Å². The van der Waals surface area contributed by atoms with Gasteiger partial charge in [-0.3, -0.25) is 13.9 Å². The van der Waals surface area contributed by atoms with Crippen molar-refractivity contribution in [2.24, 2.45) is 7.05 Å². The van der Waals surface area contributed by atoms with Crippen LogP contribution in [-0.4, -0.2) is 55.5 Å². The summed E-state index contributed by atoms with van der Waals surface area (Å²) in [5, 5.41) is 15.9. The van der Waals surface area contributed by atoms with E-state index in [0.717, 1.165) is 0 Å². The Hall–Kier alpha value is -3.34. The number of ether oxygens (including phenoxy) is 1. The molecule has 1 aliphatic rings. The van der Waals surface area contributed by atoms with E-state index in [2.05, 4.69) is 15.4 Å². The third-order valence-corrected chi connectivity index (χ3v) is 6.42. The first kappa shape index (κ1) is 23.4. The Morgan fingerprint density at radius 3 is 2.80 bits per heavy atom. The highest BCUT2D eigenvalue weighted by Crippen LogP contribution is 2.38. The van der Waals surface area contributed by atoms with Crippen LogP contribution in [0.15, 0.2) is 42.7 Å². The lowest BCUT2D eigenvalue weighted by molar-refractivity contribution is -0.0305. The summed E-state index contributed by atoms with van der Waals surface area (Å²) < 4.78 is 37.8. The van der Waals surface area contributed by atoms with E-state index in [4.69, 9.17) is 16.3 Å². The second kappa shape index (κ2) is 9.37. The van der Waals surface area contributed by atoms with Crippen LogP contribution < -0.4 is 5.32 Å². The lowest BCUT2D eigenvalue weighted by Crippen LogP contribution is -2.43. The second-order valence-electron chi connectivity index (χ2n) is 8.45. The molecular weight excluding hydrogens is 480 g/mol. The van der Waals surface area contributed by atoms with Gasteiger partial charge in [-0.05, 0) is 31.0 Å². The highest BCUT2D eigenvalue weighted by atomic mass is 35.5. The molecule has 1 fully saturated rings. The summed E-state index contributed by atoms with van der Waals surface area (Å²) in [6.45, 7) is 0.275. The van der Waals surface area contributed by atoms with Crippen molar-refractivity contribution in [1.29, 1.82) is 0 Å². The molecular formula is C24H22ClF2N5O3. The number of amides is 1. The topological polar surface area (TPSA) is 93.7 Å². The Bertz CT molecular complexity index is 1410. The van der Waals surface area contributed by atoms with Crippen molar-refractivity contribution in [1.82, 2.24) is 24.5 Å². The predicted octanol–water partition coefficient (Wildman–Crippen LogP) is 3.60. The molecule has 1 saturated heterocycles. The molecule has 0 aliphatic carbocycles. The molecule has 0 spiro atoms. The highest BCUT2D eigenvalue weighted by molar-refractivity contribution is 6.32. The Balaban J connectivity index is 1.49. The number of aromatic nitrogens is 4. The molecule has 4 heterocycles. The molecule has 0 saturated carbocycles. The van der Waals surface area contributed by atoms with Gasteiger partial charge in [0, 0.05) is 36.1 Å². The molecule has 182 valence electrons. The number of nitrogens with one attached hydrogen (secondary N) is 1. The minimum absolute atomic E-state index is 0.0388. The number of fused-ring (bicyclic) bond motifs is 1. The number of aliphatic hydroxyl groups is 1. The zero-order valence-electron chi connectivity index (χ0n) is 18.7. The molecule has 1 aromatic carbocycles. The van der Waals surface area contributed by atoms with Crippen LogP contribution in [0.25, 0.3) is 28.0 Å². The van der Waals surface area contributed by atoms with Crippen molar-refractivity contribution in [3.8, 4) is 22.4 Å². The molecule has 11 heteroatoms. The maximum absolute atomic E-state index is 15.0. The largest absolute Gasteiger partial charge is 0.394 e. The summed E-state index contributed by atoms with van der Waals surface area (Å²) in [7, 11) is 1.57.